The second kappa shape index (κ2) is 7.87. The van der Waals surface area contributed by atoms with Gasteiger partial charge in [0.1, 0.15) is 0 Å². The van der Waals surface area contributed by atoms with Crippen LogP contribution in [0.2, 0.25) is 5.02 Å². The van der Waals surface area contributed by atoms with E-state index in [1.807, 2.05) is 23.1 Å². The van der Waals surface area contributed by atoms with Crippen molar-refractivity contribution in [3.63, 3.8) is 0 Å². The highest BCUT2D eigenvalue weighted by Gasteiger charge is 2.34. The van der Waals surface area contributed by atoms with Crippen LogP contribution in [0.3, 0.4) is 0 Å². The molecule has 1 amide bonds. The molecule has 1 aliphatic carbocycles. The van der Waals surface area contributed by atoms with Gasteiger partial charge in [0.2, 0.25) is 11.9 Å². The highest BCUT2D eigenvalue weighted by molar-refractivity contribution is 6.30. The zero-order valence-electron chi connectivity index (χ0n) is 15.2. The van der Waals surface area contributed by atoms with Crippen LogP contribution in [0.25, 0.3) is 0 Å². The zero-order valence-corrected chi connectivity index (χ0v) is 16.0. The summed E-state index contributed by atoms with van der Waals surface area (Å²) in [5.74, 6) is 1.42. The number of amides is 1. The van der Waals surface area contributed by atoms with Crippen molar-refractivity contribution in [2.45, 2.75) is 32.1 Å². The summed E-state index contributed by atoms with van der Waals surface area (Å²) in [7, 11) is 0. The van der Waals surface area contributed by atoms with Gasteiger partial charge in [-0.15, -0.1) is 0 Å². The molecule has 0 bridgehead atoms. The van der Waals surface area contributed by atoms with Gasteiger partial charge < -0.3 is 9.80 Å². The lowest BCUT2D eigenvalue weighted by Gasteiger charge is -2.39. The molecule has 0 atom stereocenters. The molecule has 0 spiro atoms. The molecule has 26 heavy (non-hydrogen) atoms. The molecule has 0 radical (unpaired) electrons. The number of guanidine groups is 1. The smallest absolute Gasteiger partial charge is 0.232 e. The number of hydrogen-bond acceptors (Lipinski definition) is 4. The van der Waals surface area contributed by atoms with Gasteiger partial charge in [0.05, 0.1) is 6.54 Å². The van der Waals surface area contributed by atoms with E-state index in [0.717, 1.165) is 63.1 Å². The van der Waals surface area contributed by atoms with E-state index >= 15 is 0 Å². The van der Waals surface area contributed by atoms with Gasteiger partial charge in [0, 0.05) is 49.4 Å². The molecule has 2 fully saturated rings. The lowest BCUT2D eigenvalue weighted by Crippen LogP contribution is -2.54. The van der Waals surface area contributed by atoms with E-state index in [1.54, 1.807) is 0 Å². The second-order valence-electron chi connectivity index (χ2n) is 7.46. The number of halogens is 1. The lowest BCUT2D eigenvalue weighted by atomic mass is 9.88. The third-order valence-electron chi connectivity index (χ3n) is 5.77. The number of carbonyl (C=O) groups is 1. The van der Waals surface area contributed by atoms with Crippen LogP contribution in [0.15, 0.2) is 29.3 Å². The fourth-order valence-electron chi connectivity index (χ4n) is 4.32. The zero-order chi connectivity index (χ0) is 17.9. The van der Waals surface area contributed by atoms with Gasteiger partial charge in [0.15, 0.2) is 0 Å². The summed E-state index contributed by atoms with van der Waals surface area (Å²) in [6.07, 6.45) is 5.75. The van der Waals surface area contributed by atoms with Crippen molar-refractivity contribution in [3.05, 3.63) is 29.3 Å². The number of hydrogen-bond donors (Lipinski definition) is 0. The predicted octanol–water partition coefficient (Wildman–Crippen LogP) is 3.24. The number of nitrogens with zero attached hydrogens (tertiary/aromatic N) is 4. The average molecular weight is 375 g/mol. The van der Waals surface area contributed by atoms with Gasteiger partial charge in [-0.2, -0.15) is 0 Å². The van der Waals surface area contributed by atoms with Crippen molar-refractivity contribution in [2.75, 3.05) is 44.2 Å². The van der Waals surface area contributed by atoms with Crippen LogP contribution < -0.4 is 4.90 Å². The Morgan fingerprint density at radius 2 is 1.73 bits per heavy atom. The van der Waals surface area contributed by atoms with Crippen molar-refractivity contribution >= 4 is 29.2 Å². The minimum atomic E-state index is 0.208. The van der Waals surface area contributed by atoms with Crippen molar-refractivity contribution < 1.29 is 4.79 Å². The van der Waals surface area contributed by atoms with E-state index in [1.165, 1.54) is 24.9 Å². The first kappa shape index (κ1) is 17.7. The Morgan fingerprint density at radius 1 is 1.00 bits per heavy atom. The number of rotatable bonds is 2. The average Bonchev–Trinajstić information content (AvgIpc) is 3.18. The Balaban J connectivity index is 1.38. The van der Waals surface area contributed by atoms with Crippen molar-refractivity contribution in [1.29, 1.82) is 0 Å². The summed E-state index contributed by atoms with van der Waals surface area (Å²) in [5.41, 5.74) is 1.17. The summed E-state index contributed by atoms with van der Waals surface area (Å²) >= 11 is 6.12. The molecule has 0 unspecified atom stereocenters. The number of anilines is 1. The highest BCUT2D eigenvalue weighted by Crippen LogP contribution is 2.27. The first-order chi connectivity index (χ1) is 12.7. The highest BCUT2D eigenvalue weighted by atomic mass is 35.5. The Bertz CT molecular complexity index is 678. The van der Waals surface area contributed by atoms with E-state index < -0.39 is 0 Å². The summed E-state index contributed by atoms with van der Waals surface area (Å²) in [5, 5.41) is 0.773. The number of aliphatic imine (C=N–C) groups is 1. The van der Waals surface area contributed by atoms with Crippen molar-refractivity contribution in [2.24, 2.45) is 10.9 Å². The second-order valence-corrected chi connectivity index (χ2v) is 7.90. The summed E-state index contributed by atoms with van der Waals surface area (Å²) in [4.78, 5) is 24.2. The monoisotopic (exact) mass is 374 g/mol. The summed E-state index contributed by atoms with van der Waals surface area (Å²) in [6.45, 7) is 5.11. The molecule has 4 rings (SSSR count). The van der Waals surface area contributed by atoms with Gasteiger partial charge in [-0.1, -0.05) is 36.9 Å². The number of piperazine rings is 1. The normalized spacial score (nSPS) is 21.9. The van der Waals surface area contributed by atoms with E-state index in [-0.39, 0.29) is 5.92 Å². The topological polar surface area (TPSA) is 39.2 Å². The van der Waals surface area contributed by atoms with Gasteiger partial charge in [0.25, 0.3) is 0 Å². The molecular weight excluding hydrogens is 348 g/mol. The Kier molecular flexibility index (Phi) is 5.34. The molecule has 2 aliphatic heterocycles. The van der Waals surface area contributed by atoms with Gasteiger partial charge >= 0.3 is 0 Å². The van der Waals surface area contributed by atoms with Crippen LogP contribution in [0, 0.1) is 5.92 Å². The Morgan fingerprint density at radius 3 is 2.46 bits per heavy atom. The molecule has 1 aromatic carbocycles. The molecule has 140 valence electrons. The molecule has 6 heteroatoms. The number of carbonyl (C=O) groups excluding carboxylic acids is 1. The molecule has 3 aliphatic rings. The Hall–Kier alpha value is -1.75. The van der Waals surface area contributed by atoms with E-state index in [4.69, 9.17) is 11.6 Å². The van der Waals surface area contributed by atoms with Crippen LogP contribution in [-0.2, 0) is 4.79 Å². The fraction of sp³-hybridized carbons (Fsp3) is 0.600. The van der Waals surface area contributed by atoms with Crippen molar-refractivity contribution in [3.8, 4) is 0 Å². The van der Waals surface area contributed by atoms with Crippen molar-refractivity contribution in [1.82, 2.24) is 9.80 Å². The number of benzene rings is 1. The molecule has 1 saturated heterocycles. The molecule has 1 aromatic rings. The van der Waals surface area contributed by atoms with Crippen LogP contribution in [-0.4, -0.2) is 60.9 Å². The largest absolute Gasteiger partial charge is 0.368 e. The maximum absolute atomic E-state index is 13.0. The quantitative estimate of drug-likeness (QED) is 0.797. The van der Waals surface area contributed by atoms with E-state index in [9.17, 15) is 4.79 Å². The molecule has 2 heterocycles. The first-order valence-corrected chi connectivity index (χ1v) is 10.2. The van der Waals surface area contributed by atoms with Gasteiger partial charge in [-0.05, 0) is 31.0 Å². The van der Waals surface area contributed by atoms with Crippen LogP contribution in [0.4, 0.5) is 5.69 Å². The molecule has 5 nitrogen and oxygen atoms in total. The fourth-order valence-corrected chi connectivity index (χ4v) is 4.51. The first-order valence-electron chi connectivity index (χ1n) is 9.84. The van der Waals surface area contributed by atoms with Gasteiger partial charge in [-0.25, -0.2) is 0 Å². The van der Waals surface area contributed by atoms with Crippen LogP contribution in [0.5, 0.6) is 0 Å². The third kappa shape index (κ3) is 3.68. The summed E-state index contributed by atoms with van der Waals surface area (Å²) in [6, 6.07) is 8.02. The lowest BCUT2D eigenvalue weighted by molar-refractivity contribution is -0.132. The van der Waals surface area contributed by atoms with Gasteiger partial charge in [-0.3, -0.25) is 14.7 Å². The molecule has 0 aromatic heterocycles. The standard InChI is InChI=1S/C20H27ClN4O/c21-17-7-4-8-18(15-17)23-11-13-24(14-12-23)20-22-9-10-25(20)19(26)16-5-2-1-3-6-16/h4,7-8,15-16H,1-3,5-6,9-14H2. The third-order valence-corrected chi connectivity index (χ3v) is 6.01. The maximum atomic E-state index is 13.0. The minimum Gasteiger partial charge on any atom is -0.368 e. The molecule has 1 saturated carbocycles. The minimum absolute atomic E-state index is 0.208. The van der Waals surface area contributed by atoms with E-state index in [0.29, 0.717) is 5.91 Å². The molecule has 0 N–H and O–H groups in total. The predicted molar refractivity (Wildman–Crippen MR) is 106 cm³/mol. The Labute approximate surface area is 160 Å². The molecular formula is C20H27ClN4O. The van der Waals surface area contributed by atoms with Crippen LogP contribution >= 0.6 is 11.6 Å². The van der Waals surface area contributed by atoms with E-state index in [2.05, 4.69) is 20.9 Å². The maximum Gasteiger partial charge on any atom is 0.232 e. The summed E-state index contributed by atoms with van der Waals surface area (Å²) < 4.78 is 0. The SMILES string of the molecule is O=C(C1CCCCC1)N1CCN=C1N1CCN(c2cccc(Cl)c2)CC1. The van der Waals surface area contributed by atoms with Crippen LogP contribution in [0.1, 0.15) is 32.1 Å².